The lowest BCUT2D eigenvalue weighted by molar-refractivity contribution is 0.157. The van der Waals surface area contributed by atoms with E-state index in [9.17, 15) is 4.79 Å². The molecule has 122 valence electrons. The predicted octanol–water partition coefficient (Wildman–Crippen LogP) is 2.84. The smallest absolute Gasteiger partial charge is 0.317 e. The van der Waals surface area contributed by atoms with Crippen molar-refractivity contribution in [3.63, 3.8) is 0 Å². The molecule has 0 radical (unpaired) electrons. The van der Waals surface area contributed by atoms with Gasteiger partial charge in [0, 0.05) is 19.5 Å². The Hall–Kier alpha value is -2.33. The Morgan fingerprint density at radius 2 is 1.52 bits per heavy atom. The Bertz CT molecular complexity index is 562. The normalized spacial score (nSPS) is 12.0. The van der Waals surface area contributed by atoms with Crippen LogP contribution in [0.3, 0.4) is 0 Å². The summed E-state index contributed by atoms with van der Waals surface area (Å²) in [6.45, 7) is 2.27. The maximum atomic E-state index is 12.2. The Morgan fingerprint density at radius 3 is 1.96 bits per heavy atom. The van der Waals surface area contributed by atoms with Crippen molar-refractivity contribution >= 4 is 6.03 Å². The Morgan fingerprint density at radius 1 is 1.04 bits per heavy atom. The van der Waals surface area contributed by atoms with Crippen LogP contribution in [0.15, 0.2) is 60.7 Å². The minimum absolute atomic E-state index is 0.0509. The molecule has 2 aromatic carbocycles. The Labute approximate surface area is 137 Å². The highest BCUT2D eigenvalue weighted by Crippen LogP contribution is 2.23. The molecule has 2 rings (SSSR count). The molecule has 0 saturated heterocycles. The van der Waals surface area contributed by atoms with Crippen LogP contribution < -0.4 is 5.32 Å². The number of nitrogens with zero attached hydrogens (tertiary/aromatic N) is 1. The maximum absolute atomic E-state index is 12.2. The SMILES string of the molecule is CC(CO)N(C)C(=O)NCC(c1ccccc1)c1ccccc1. The van der Waals surface area contributed by atoms with Crippen LogP contribution >= 0.6 is 0 Å². The van der Waals surface area contributed by atoms with Gasteiger partial charge in [-0.1, -0.05) is 60.7 Å². The van der Waals surface area contributed by atoms with Gasteiger partial charge >= 0.3 is 6.03 Å². The van der Waals surface area contributed by atoms with Gasteiger partial charge in [-0.15, -0.1) is 0 Å². The van der Waals surface area contributed by atoms with Crippen LogP contribution in [0.25, 0.3) is 0 Å². The molecule has 0 aliphatic heterocycles. The molecule has 0 fully saturated rings. The van der Waals surface area contributed by atoms with E-state index in [0.29, 0.717) is 6.54 Å². The van der Waals surface area contributed by atoms with Crippen molar-refractivity contribution in [2.45, 2.75) is 18.9 Å². The third-order valence-corrected chi connectivity index (χ3v) is 4.11. The van der Waals surface area contributed by atoms with Crippen LogP contribution in [-0.2, 0) is 0 Å². The highest BCUT2D eigenvalue weighted by Gasteiger charge is 2.18. The summed E-state index contributed by atoms with van der Waals surface area (Å²) < 4.78 is 0. The quantitative estimate of drug-likeness (QED) is 0.862. The first-order valence-electron chi connectivity index (χ1n) is 7.85. The van der Waals surface area contributed by atoms with Gasteiger partial charge in [0.1, 0.15) is 0 Å². The van der Waals surface area contributed by atoms with Crippen LogP contribution in [0.2, 0.25) is 0 Å². The van der Waals surface area contributed by atoms with Crippen molar-refractivity contribution < 1.29 is 9.90 Å². The van der Waals surface area contributed by atoms with Gasteiger partial charge in [-0.05, 0) is 18.1 Å². The van der Waals surface area contributed by atoms with Crippen molar-refractivity contribution in [2.24, 2.45) is 0 Å². The zero-order chi connectivity index (χ0) is 16.7. The largest absolute Gasteiger partial charge is 0.394 e. The summed E-state index contributed by atoms with van der Waals surface area (Å²) in [6, 6.07) is 19.9. The summed E-state index contributed by atoms with van der Waals surface area (Å²) in [4.78, 5) is 13.7. The lowest BCUT2D eigenvalue weighted by atomic mass is 9.91. The molecule has 0 saturated carbocycles. The molecule has 0 bridgehead atoms. The summed E-state index contributed by atoms with van der Waals surface area (Å²) in [7, 11) is 1.69. The second-order valence-electron chi connectivity index (χ2n) is 5.70. The Balaban J connectivity index is 2.12. The lowest BCUT2D eigenvalue weighted by Crippen LogP contribution is -2.45. The molecule has 0 heterocycles. The van der Waals surface area contributed by atoms with E-state index in [1.165, 1.54) is 4.90 Å². The minimum Gasteiger partial charge on any atom is -0.394 e. The van der Waals surface area contributed by atoms with Crippen LogP contribution in [0.5, 0.6) is 0 Å². The second-order valence-corrected chi connectivity index (χ2v) is 5.70. The molecule has 1 unspecified atom stereocenters. The molecule has 4 nitrogen and oxygen atoms in total. The fourth-order valence-corrected chi connectivity index (χ4v) is 2.44. The molecular weight excluding hydrogens is 288 g/mol. The second kappa shape index (κ2) is 8.34. The number of benzene rings is 2. The molecule has 0 aliphatic rings. The fourth-order valence-electron chi connectivity index (χ4n) is 2.44. The lowest BCUT2D eigenvalue weighted by Gasteiger charge is -2.25. The van der Waals surface area contributed by atoms with Crippen molar-refractivity contribution in [1.82, 2.24) is 10.2 Å². The van der Waals surface area contributed by atoms with E-state index >= 15 is 0 Å². The number of nitrogens with one attached hydrogen (secondary N) is 1. The molecule has 0 aromatic heterocycles. The Kier molecular flexibility index (Phi) is 6.18. The summed E-state index contributed by atoms with van der Waals surface area (Å²) in [6.07, 6.45) is 0. The number of carbonyl (C=O) groups excluding carboxylic acids is 1. The number of hydrogen-bond acceptors (Lipinski definition) is 2. The standard InChI is InChI=1S/C19H24N2O2/c1-15(14-22)21(2)19(23)20-13-18(16-9-5-3-6-10-16)17-11-7-4-8-12-17/h3-12,15,18,22H,13-14H2,1-2H3,(H,20,23). The fraction of sp³-hybridized carbons (Fsp3) is 0.316. The first-order valence-corrected chi connectivity index (χ1v) is 7.85. The maximum Gasteiger partial charge on any atom is 0.317 e. The van der Waals surface area contributed by atoms with Gasteiger partial charge in [0.15, 0.2) is 0 Å². The molecule has 2 aromatic rings. The van der Waals surface area contributed by atoms with E-state index in [4.69, 9.17) is 5.11 Å². The van der Waals surface area contributed by atoms with Crippen molar-refractivity contribution in [3.05, 3.63) is 71.8 Å². The molecule has 0 aliphatic carbocycles. The van der Waals surface area contributed by atoms with Crippen LogP contribution in [-0.4, -0.2) is 42.3 Å². The van der Waals surface area contributed by atoms with Crippen LogP contribution in [0.4, 0.5) is 4.79 Å². The molecule has 4 heteroatoms. The molecule has 1 atom stereocenters. The molecule has 2 amide bonds. The van der Waals surface area contributed by atoms with Crippen molar-refractivity contribution in [2.75, 3.05) is 20.2 Å². The molecule has 23 heavy (non-hydrogen) atoms. The van der Waals surface area contributed by atoms with Crippen molar-refractivity contribution in [3.8, 4) is 0 Å². The van der Waals surface area contributed by atoms with Crippen LogP contribution in [0.1, 0.15) is 24.0 Å². The zero-order valence-corrected chi connectivity index (χ0v) is 13.6. The highest BCUT2D eigenvalue weighted by atomic mass is 16.3. The number of hydrogen-bond donors (Lipinski definition) is 2. The van der Waals surface area contributed by atoms with E-state index in [-0.39, 0.29) is 24.6 Å². The molecule has 2 N–H and O–H groups in total. The topological polar surface area (TPSA) is 52.6 Å². The predicted molar refractivity (Wildman–Crippen MR) is 92.4 cm³/mol. The number of likely N-dealkylation sites (N-methyl/N-ethyl adjacent to an activating group) is 1. The van der Waals surface area contributed by atoms with E-state index < -0.39 is 0 Å². The first kappa shape index (κ1) is 17.0. The third-order valence-electron chi connectivity index (χ3n) is 4.11. The van der Waals surface area contributed by atoms with Gasteiger partial charge in [0.05, 0.1) is 12.6 Å². The average molecular weight is 312 g/mol. The number of aliphatic hydroxyl groups is 1. The van der Waals surface area contributed by atoms with Gasteiger partial charge in [-0.25, -0.2) is 4.79 Å². The monoisotopic (exact) mass is 312 g/mol. The van der Waals surface area contributed by atoms with Gasteiger partial charge < -0.3 is 15.3 Å². The number of carbonyl (C=O) groups is 1. The van der Waals surface area contributed by atoms with Crippen molar-refractivity contribution in [1.29, 1.82) is 0 Å². The van der Waals surface area contributed by atoms with E-state index in [1.54, 1.807) is 7.05 Å². The van der Waals surface area contributed by atoms with Gasteiger partial charge in [-0.3, -0.25) is 0 Å². The number of aliphatic hydroxyl groups excluding tert-OH is 1. The van der Waals surface area contributed by atoms with Gasteiger partial charge in [0.2, 0.25) is 0 Å². The first-order chi connectivity index (χ1) is 11.1. The molecule has 0 spiro atoms. The molecular formula is C19H24N2O2. The zero-order valence-electron chi connectivity index (χ0n) is 13.6. The third kappa shape index (κ3) is 4.57. The number of amides is 2. The van der Waals surface area contributed by atoms with Crippen LogP contribution in [0, 0.1) is 0 Å². The average Bonchev–Trinajstić information content (AvgIpc) is 2.62. The van der Waals surface area contributed by atoms with Gasteiger partial charge in [-0.2, -0.15) is 0 Å². The summed E-state index contributed by atoms with van der Waals surface area (Å²) in [5, 5.41) is 12.1. The minimum atomic E-state index is -0.207. The highest BCUT2D eigenvalue weighted by molar-refractivity contribution is 5.74. The van der Waals surface area contributed by atoms with E-state index in [1.807, 2.05) is 43.3 Å². The summed E-state index contributed by atoms with van der Waals surface area (Å²) >= 11 is 0. The van der Waals surface area contributed by atoms with Gasteiger partial charge in [0.25, 0.3) is 0 Å². The number of urea groups is 1. The van der Waals surface area contributed by atoms with E-state index in [2.05, 4.69) is 29.6 Å². The van der Waals surface area contributed by atoms with E-state index in [0.717, 1.165) is 11.1 Å². The summed E-state index contributed by atoms with van der Waals surface area (Å²) in [5.74, 6) is 0.0965. The number of rotatable bonds is 6. The summed E-state index contributed by atoms with van der Waals surface area (Å²) in [5.41, 5.74) is 2.33.